The largest absolute Gasteiger partial charge is 0.493 e. The topological polar surface area (TPSA) is 54.0 Å². The van der Waals surface area contributed by atoms with Gasteiger partial charge in [0.1, 0.15) is 0 Å². The highest BCUT2D eigenvalue weighted by atomic mass is 16.5. The zero-order valence-corrected chi connectivity index (χ0v) is 14.1. The zero-order chi connectivity index (χ0) is 16.8. The van der Waals surface area contributed by atoms with Crippen molar-refractivity contribution in [1.29, 1.82) is 0 Å². The summed E-state index contributed by atoms with van der Waals surface area (Å²) in [5, 5.41) is 0. The summed E-state index contributed by atoms with van der Waals surface area (Å²) in [6.07, 6.45) is 5.78. The highest BCUT2D eigenvalue weighted by Crippen LogP contribution is 2.46. The van der Waals surface area contributed by atoms with E-state index < -0.39 is 0 Å². The first-order valence-corrected chi connectivity index (χ1v) is 7.80. The highest BCUT2D eigenvalue weighted by molar-refractivity contribution is 5.75. The second kappa shape index (κ2) is 7.90. The second-order valence-electron chi connectivity index (χ2n) is 5.31. The van der Waals surface area contributed by atoms with Crippen molar-refractivity contribution in [2.24, 2.45) is 5.92 Å². The maximum atomic E-state index is 12.3. The van der Waals surface area contributed by atoms with Crippen LogP contribution in [0.2, 0.25) is 0 Å². The van der Waals surface area contributed by atoms with E-state index in [0.717, 1.165) is 18.4 Å². The summed E-state index contributed by atoms with van der Waals surface area (Å²) in [6.45, 7) is 2.21. The van der Waals surface area contributed by atoms with E-state index in [1.165, 1.54) is 0 Å². The first kappa shape index (κ1) is 17.2. The Morgan fingerprint density at radius 1 is 1.13 bits per heavy atom. The molecule has 0 bridgehead atoms. The molecule has 0 fully saturated rings. The van der Waals surface area contributed by atoms with Crippen molar-refractivity contribution in [3.05, 3.63) is 29.8 Å². The summed E-state index contributed by atoms with van der Waals surface area (Å²) in [4.78, 5) is 12.3. The third-order valence-electron chi connectivity index (χ3n) is 4.10. The molecule has 126 valence electrons. The Labute approximate surface area is 137 Å². The van der Waals surface area contributed by atoms with Gasteiger partial charge in [0.05, 0.1) is 33.9 Å². The molecular formula is C18H24O5. The fourth-order valence-corrected chi connectivity index (χ4v) is 3.05. The van der Waals surface area contributed by atoms with Gasteiger partial charge in [0.25, 0.3) is 0 Å². The maximum absolute atomic E-state index is 12.3. The molecule has 0 aliphatic heterocycles. The molecule has 0 saturated carbocycles. The Kier molecular flexibility index (Phi) is 5.90. The lowest BCUT2D eigenvalue weighted by atomic mass is 9.79. The number of esters is 1. The number of ether oxygens (including phenoxy) is 4. The van der Waals surface area contributed by atoms with Crippen LogP contribution < -0.4 is 14.2 Å². The van der Waals surface area contributed by atoms with Crippen LogP contribution in [0.3, 0.4) is 0 Å². The van der Waals surface area contributed by atoms with E-state index in [4.69, 9.17) is 18.9 Å². The normalized spacial score (nSPS) is 20.0. The van der Waals surface area contributed by atoms with Gasteiger partial charge in [-0.15, -0.1) is 0 Å². The predicted molar refractivity (Wildman–Crippen MR) is 87.3 cm³/mol. The molecule has 1 aromatic rings. The molecule has 0 heterocycles. The van der Waals surface area contributed by atoms with Crippen molar-refractivity contribution in [2.75, 3.05) is 27.9 Å². The van der Waals surface area contributed by atoms with Crippen molar-refractivity contribution < 1.29 is 23.7 Å². The molecular weight excluding hydrogens is 296 g/mol. The van der Waals surface area contributed by atoms with Crippen LogP contribution in [0.25, 0.3) is 0 Å². The highest BCUT2D eigenvalue weighted by Gasteiger charge is 2.33. The zero-order valence-electron chi connectivity index (χ0n) is 14.1. The maximum Gasteiger partial charge on any atom is 0.309 e. The number of allylic oxidation sites excluding steroid dienone is 2. The predicted octanol–water partition coefficient (Wildman–Crippen LogP) is 3.33. The number of benzene rings is 1. The third-order valence-corrected chi connectivity index (χ3v) is 4.10. The van der Waals surface area contributed by atoms with E-state index in [1.807, 2.05) is 19.1 Å². The molecule has 2 rings (SSSR count). The van der Waals surface area contributed by atoms with E-state index in [0.29, 0.717) is 23.9 Å². The Bertz CT molecular complexity index is 579. The van der Waals surface area contributed by atoms with Gasteiger partial charge in [-0.1, -0.05) is 18.2 Å². The minimum absolute atomic E-state index is 0.0995. The lowest BCUT2D eigenvalue weighted by molar-refractivity contribution is -0.148. The average Bonchev–Trinajstić information content (AvgIpc) is 2.60. The Hall–Kier alpha value is -2.17. The van der Waals surface area contributed by atoms with Gasteiger partial charge in [-0.2, -0.15) is 0 Å². The average molecular weight is 320 g/mol. The summed E-state index contributed by atoms with van der Waals surface area (Å²) in [5.74, 6) is 1.25. The molecule has 23 heavy (non-hydrogen) atoms. The molecule has 0 N–H and O–H groups in total. The van der Waals surface area contributed by atoms with Gasteiger partial charge in [-0.25, -0.2) is 0 Å². The van der Waals surface area contributed by atoms with Crippen molar-refractivity contribution in [3.63, 3.8) is 0 Å². The van der Waals surface area contributed by atoms with Gasteiger partial charge in [-0.3, -0.25) is 4.79 Å². The molecule has 0 radical (unpaired) electrons. The fraction of sp³-hybridized carbons (Fsp3) is 0.500. The summed E-state index contributed by atoms with van der Waals surface area (Å²) < 4.78 is 21.6. The minimum Gasteiger partial charge on any atom is -0.493 e. The van der Waals surface area contributed by atoms with Crippen molar-refractivity contribution in [1.82, 2.24) is 0 Å². The summed E-state index contributed by atoms with van der Waals surface area (Å²) in [5.41, 5.74) is 0.902. The first-order valence-electron chi connectivity index (χ1n) is 7.80. The molecule has 0 aromatic heterocycles. The second-order valence-corrected chi connectivity index (χ2v) is 5.31. The number of methoxy groups -OCH3 is 3. The van der Waals surface area contributed by atoms with Gasteiger partial charge in [0.15, 0.2) is 11.5 Å². The number of hydrogen-bond donors (Lipinski definition) is 0. The van der Waals surface area contributed by atoms with Crippen LogP contribution in [0.1, 0.15) is 31.2 Å². The standard InChI is InChI=1S/C18H24O5/c1-5-23-18(19)14-9-7-6-8-12(14)13-10-11-15(20-2)17(22-4)16(13)21-3/h6,8,10-12,14H,5,7,9H2,1-4H3/t12-,14+/m0/s1. The van der Waals surface area contributed by atoms with Crippen LogP contribution in [0.4, 0.5) is 0 Å². The monoisotopic (exact) mass is 320 g/mol. The molecule has 0 spiro atoms. The SMILES string of the molecule is CCOC(=O)[C@@H]1CCC=C[C@H]1c1ccc(OC)c(OC)c1OC. The van der Waals surface area contributed by atoms with Gasteiger partial charge in [-0.05, 0) is 25.8 Å². The molecule has 1 aliphatic rings. The van der Waals surface area contributed by atoms with Crippen LogP contribution in [0, 0.1) is 5.92 Å². The lowest BCUT2D eigenvalue weighted by Crippen LogP contribution is -2.26. The fourth-order valence-electron chi connectivity index (χ4n) is 3.05. The van der Waals surface area contributed by atoms with Crippen LogP contribution in [0.5, 0.6) is 17.2 Å². The van der Waals surface area contributed by atoms with Crippen LogP contribution in [-0.4, -0.2) is 33.9 Å². The summed E-state index contributed by atoms with van der Waals surface area (Å²) >= 11 is 0. The van der Waals surface area contributed by atoms with Crippen molar-refractivity contribution in [2.45, 2.75) is 25.7 Å². The van der Waals surface area contributed by atoms with Crippen molar-refractivity contribution >= 4 is 5.97 Å². The Morgan fingerprint density at radius 3 is 2.48 bits per heavy atom. The Morgan fingerprint density at radius 2 is 1.87 bits per heavy atom. The number of carbonyl (C=O) groups excluding carboxylic acids is 1. The van der Waals surface area contributed by atoms with E-state index >= 15 is 0 Å². The molecule has 1 aliphatic carbocycles. The number of carbonyl (C=O) groups is 1. The molecule has 1 aromatic carbocycles. The van der Waals surface area contributed by atoms with Gasteiger partial charge in [0, 0.05) is 11.5 Å². The summed E-state index contributed by atoms with van der Waals surface area (Å²) in [7, 11) is 4.75. The van der Waals surface area contributed by atoms with E-state index in [2.05, 4.69) is 12.2 Å². The smallest absolute Gasteiger partial charge is 0.309 e. The van der Waals surface area contributed by atoms with E-state index in [9.17, 15) is 4.79 Å². The number of hydrogen-bond acceptors (Lipinski definition) is 5. The molecule has 0 unspecified atom stereocenters. The molecule has 2 atom stereocenters. The number of rotatable bonds is 6. The minimum atomic E-state index is -0.216. The van der Waals surface area contributed by atoms with Gasteiger partial charge < -0.3 is 18.9 Å². The third kappa shape index (κ3) is 3.44. The summed E-state index contributed by atoms with van der Waals surface area (Å²) in [6, 6.07) is 3.76. The molecule has 5 nitrogen and oxygen atoms in total. The quantitative estimate of drug-likeness (QED) is 0.594. The molecule has 0 saturated heterocycles. The molecule has 0 amide bonds. The van der Waals surface area contributed by atoms with Crippen LogP contribution in [0.15, 0.2) is 24.3 Å². The van der Waals surface area contributed by atoms with E-state index in [-0.39, 0.29) is 17.8 Å². The van der Waals surface area contributed by atoms with Gasteiger partial charge >= 0.3 is 5.97 Å². The van der Waals surface area contributed by atoms with E-state index in [1.54, 1.807) is 21.3 Å². The first-order chi connectivity index (χ1) is 11.2. The lowest BCUT2D eigenvalue weighted by Gasteiger charge is -2.28. The molecule has 5 heteroatoms. The van der Waals surface area contributed by atoms with Crippen molar-refractivity contribution in [3.8, 4) is 17.2 Å². The van der Waals surface area contributed by atoms with Crippen LogP contribution in [-0.2, 0) is 9.53 Å². The van der Waals surface area contributed by atoms with Crippen LogP contribution >= 0.6 is 0 Å². The van der Waals surface area contributed by atoms with Gasteiger partial charge in [0.2, 0.25) is 5.75 Å². The Balaban J connectivity index is 2.47.